The van der Waals surface area contributed by atoms with Crippen LogP contribution in [0.5, 0.6) is 0 Å². The molecule has 0 aliphatic carbocycles. The summed E-state index contributed by atoms with van der Waals surface area (Å²) >= 11 is 0. The summed E-state index contributed by atoms with van der Waals surface area (Å²) < 4.78 is 0. The molecule has 4 heteroatoms. The van der Waals surface area contributed by atoms with E-state index in [1.54, 1.807) is 7.05 Å². The molecule has 114 valence electrons. The zero-order valence-corrected chi connectivity index (χ0v) is 13.0. The third-order valence-electron chi connectivity index (χ3n) is 4.92. The minimum absolute atomic E-state index is 0.0243. The first-order chi connectivity index (χ1) is 10.2. The van der Waals surface area contributed by atoms with Crippen LogP contribution in [-0.4, -0.2) is 43.0 Å². The van der Waals surface area contributed by atoms with Crippen LogP contribution in [0.2, 0.25) is 0 Å². The molecule has 0 spiro atoms. The number of anilines is 1. The Kier molecular flexibility index (Phi) is 4.15. The zero-order valence-electron chi connectivity index (χ0n) is 13.0. The van der Waals surface area contributed by atoms with Crippen molar-refractivity contribution in [1.29, 1.82) is 0 Å². The fourth-order valence-electron chi connectivity index (χ4n) is 3.68. The van der Waals surface area contributed by atoms with E-state index in [9.17, 15) is 4.79 Å². The van der Waals surface area contributed by atoms with Crippen LogP contribution >= 0.6 is 0 Å². The third kappa shape index (κ3) is 2.91. The van der Waals surface area contributed by atoms with Crippen molar-refractivity contribution in [2.75, 3.05) is 25.5 Å². The van der Waals surface area contributed by atoms with Gasteiger partial charge in [0.15, 0.2) is 0 Å². The van der Waals surface area contributed by atoms with Crippen molar-refractivity contribution in [3.8, 4) is 0 Å². The van der Waals surface area contributed by atoms with Gasteiger partial charge in [-0.15, -0.1) is 0 Å². The summed E-state index contributed by atoms with van der Waals surface area (Å²) in [5.41, 5.74) is 3.04. The summed E-state index contributed by atoms with van der Waals surface area (Å²) in [6, 6.07) is 7.09. The van der Waals surface area contributed by atoms with E-state index in [-0.39, 0.29) is 5.91 Å². The van der Waals surface area contributed by atoms with E-state index in [1.165, 1.54) is 44.3 Å². The highest BCUT2D eigenvalue weighted by Gasteiger charge is 2.35. The zero-order chi connectivity index (χ0) is 14.8. The molecule has 2 unspecified atom stereocenters. The Labute approximate surface area is 126 Å². The fraction of sp³-hybridized carbons (Fsp3) is 0.588. The van der Waals surface area contributed by atoms with Crippen molar-refractivity contribution < 1.29 is 4.79 Å². The number of hydrogen-bond donors (Lipinski definition) is 2. The molecule has 2 heterocycles. The van der Waals surface area contributed by atoms with E-state index in [1.807, 2.05) is 18.2 Å². The molecule has 0 aromatic heterocycles. The van der Waals surface area contributed by atoms with Gasteiger partial charge in [0.1, 0.15) is 0 Å². The van der Waals surface area contributed by atoms with Crippen LogP contribution in [0.15, 0.2) is 18.2 Å². The van der Waals surface area contributed by atoms with Crippen molar-refractivity contribution in [2.24, 2.45) is 0 Å². The number of benzene rings is 1. The average Bonchev–Trinajstić information content (AvgIpc) is 2.92. The van der Waals surface area contributed by atoms with E-state index in [0.717, 1.165) is 11.3 Å². The van der Waals surface area contributed by atoms with Gasteiger partial charge < -0.3 is 10.6 Å². The van der Waals surface area contributed by atoms with E-state index in [0.29, 0.717) is 12.1 Å². The Bertz CT molecular complexity index is 529. The van der Waals surface area contributed by atoms with Gasteiger partial charge in [-0.05, 0) is 50.4 Å². The molecule has 0 bridgehead atoms. The minimum atomic E-state index is -0.0243. The van der Waals surface area contributed by atoms with Crippen molar-refractivity contribution >= 4 is 11.6 Å². The second-order valence-corrected chi connectivity index (χ2v) is 6.25. The van der Waals surface area contributed by atoms with E-state index >= 15 is 0 Å². The Morgan fingerprint density at radius 1 is 1.24 bits per heavy atom. The summed E-state index contributed by atoms with van der Waals surface area (Å²) in [4.78, 5) is 14.4. The summed E-state index contributed by atoms with van der Waals surface area (Å²) in [6.45, 7) is 4.56. The second-order valence-electron chi connectivity index (χ2n) is 6.25. The molecule has 4 nitrogen and oxygen atoms in total. The number of nitrogens with one attached hydrogen (secondary N) is 2. The lowest BCUT2D eigenvalue weighted by molar-refractivity contribution is 0.0963. The highest BCUT2D eigenvalue weighted by molar-refractivity contribution is 5.95. The van der Waals surface area contributed by atoms with Gasteiger partial charge in [0, 0.05) is 36.9 Å². The molecular formula is C17H25N3O. The standard InChI is InChI=1S/C17H25N3O/c1-12-6-7-13(17(21)18-2)11-15(12)19-14-8-10-20-9-4-3-5-16(14)20/h6-7,11,14,16,19H,3-5,8-10H2,1-2H3,(H,18,21). The van der Waals surface area contributed by atoms with Crippen molar-refractivity contribution in [3.63, 3.8) is 0 Å². The van der Waals surface area contributed by atoms with E-state index in [4.69, 9.17) is 0 Å². The minimum Gasteiger partial charge on any atom is -0.380 e. The lowest BCUT2D eigenvalue weighted by Gasteiger charge is -2.33. The number of fused-ring (bicyclic) bond motifs is 1. The molecule has 2 N–H and O–H groups in total. The quantitative estimate of drug-likeness (QED) is 0.897. The van der Waals surface area contributed by atoms with Crippen molar-refractivity contribution in [2.45, 2.75) is 44.7 Å². The first kappa shape index (κ1) is 14.4. The maximum Gasteiger partial charge on any atom is 0.251 e. The number of nitrogens with zero attached hydrogens (tertiary/aromatic N) is 1. The molecule has 1 amide bonds. The van der Waals surface area contributed by atoms with Crippen molar-refractivity contribution in [3.05, 3.63) is 29.3 Å². The van der Waals surface area contributed by atoms with Gasteiger partial charge in [0.05, 0.1) is 0 Å². The Balaban J connectivity index is 1.76. The van der Waals surface area contributed by atoms with Gasteiger partial charge in [-0.25, -0.2) is 0 Å². The molecule has 3 rings (SSSR count). The van der Waals surface area contributed by atoms with Crippen LogP contribution in [0.3, 0.4) is 0 Å². The summed E-state index contributed by atoms with van der Waals surface area (Å²) in [5.74, 6) is -0.0243. The van der Waals surface area contributed by atoms with Crippen LogP contribution in [0.25, 0.3) is 0 Å². The lowest BCUT2D eigenvalue weighted by Crippen LogP contribution is -2.41. The second kappa shape index (κ2) is 6.06. The van der Waals surface area contributed by atoms with Gasteiger partial charge in [0.2, 0.25) is 0 Å². The molecule has 21 heavy (non-hydrogen) atoms. The number of hydrogen-bond acceptors (Lipinski definition) is 3. The first-order valence-corrected chi connectivity index (χ1v) is 8.02. The third-order valence-corrected chi connectivity index (χ3v) is 4.92. The molecule has 2 aliphatic rings. The van der Waals surface area contributed by atoms with Crippen LogP contribution in [-0.2, 0) is 0 Å². The topological polar surface area (TPSA) is 44.4 Å². The van der Waals surface area contributed by atoms with Gasteiger partial charge in [-0.3, -0.25) is 9.69 Å². The SMILES string of the molecule is CNC(=O)c1ccc(C)c(NC2CCN3CCCCC23)c1. The number of carbonyl (C=O) groups is 1. The molecule has 1 aromatic carbocycles. The monoisotopic (exact) mass is 287 g/mol. The number of rotatable bonds is 3. The normalized spacial score (nSPS) is 25.4. The van der Waals surface area contributed by atoms with Gasteiger partial charge in [-0.1, -0.05) is 12.5 Å². The molecule has 2 fully saturated rings. The average molecular weight is 287 g/mol. The Hall–Kier alpha value is -1.55. The lowest BCUT2D eigenvalue weighted by atomic mass is 9.98. The first-order valence-electron chi connectivity index (χ1n) is 8.02. The highest BCUT2D eigenvalue weighted by atomic mass is 16.1. The molecule has 2 atom stereocenters. The molecule has 2 aliphatic heterocycles. The van der Waals surface area contributed by atoms with Crippen molar-refractivity contribution in [1.82, 2.24) is 10.2 Å². The van der Waals surface area contributed by atoms with Crippen LogP contribution in [0.4, 0.5) is 5.69 Å². The maximum absolute atomic E-state index is 11.8. The van der Waals surface area contributed by atoms with Crippen LogP contribution in [0.1, 0.15) is 41.6 Å². The molecule has 1 aromatic rings. The van der Waals surface area contributed by atoms with E-state index < -0.39 is 0 Å². The summed E-state index contributed by atoms with van der Waals surface area (Å²) in [5, 5.41) is 6.40. The number of aryl methyl sites for hydroxylation is 1. The fourth-order valence-corrected chi connectivity index (χ4v) is 3.68. The van der Waals surface area contributed by atoms with Gasteiger partial charge >= 0.3 is 0 Å². The Morgan fingerprint density at radius 2 is 2.10 bits per heavy atom. The molecule has 2 saturated heterocycles. The number of amides is 1. The smallest absolute Gasteiger partial charge is 0.251 e. The largest absolute Gasteiger partial charge is 0.380 e. The molecular weight excluding hydrogens is 262 g/mol. The molecule has 0 saturated carbocycles. The summed E-state index contributed by atoms with van der Waals surface area (Å²) in [6.07, 6.45) is 5.19. The molecule has 0 radical (unpaired) electrons. The van der Waals surface area contributed by atoms with E-state index in [2.05, 4.69) is 22.5 Å². The summed E-state index contributed by atoms with van der Waals surface area (Å²) in [7, 11) is 1.67. The van der Waals surface area contributed by atoms with Gasteiger partial charge in [0.25, 0.3) is 5.91 Å². The number of piperidine rings is 1. The number of carbonyl (C=O) groups excluding carboxylic acids is 1. The van der Waals surface area contributed by atoms with Crippen LogP contribution < -0.4 is 10.6 Å². The van der Waals surface area contributed by atoms with Crippen LogP contribution in [0, 0.1) is 6.92 Å². The highest BCUT2D eigenvalue weighted by Crippen LogP contribution is 2.30. The predicted octanol–water partition coefficient (Wildman–Crippen LogP) is 2.39. The predicted molar refractivity (Wildman–Crippen MR) is 85.8 cm³/mol. The maximum atomic E-state index is 11.8. The van der Waals surface area contributed by atoms with Gasteiger partial charge in [-0.2, -0.15) is 0 Å². The Morgan fingerprint density at radius 3 is 2.90 bits per heavy atom.